The van der Waals surface area contributed by atoms with E-state index in [1.54, 1.807) is 6.92 Å². The first-order valence-corrected chi connectivity index (χ1v) is 6.94. The fourth-order valence-corrected chi connectivity index (χ4v) is 2.01. The molecule has 0 aliphatic rings. The molecule has 0 spiro atoms. The van der Waals surface area contributed by atoms with Crippen LogP contribution in [0.4, 0.5) is 0 Å². The van der Waals surface area contributed by atoms with E-state index in [0.29, 0.717) is 16.9 Å². The summed E-state index contributed by atoms with van der Waals surface area (Å²) in [5, 5.41) is 0.430. The zero-order valence-electron chi connectivity index (χ0n) is 12.5. The van der Waals surface area contributed by atoms with Crippen LogP contribution < -0.4 is 4.74 Å². The van der Waals surface area contributed by atoms with Crippen LogP contribution in [0.1, 0.15) is 37.7 Å². The van der Waals surface area contributed by atoms with E-state index < -0.39 is 0 Å². The molecule has 3 nitrogen and oxygen atoms in total. The van der Waals surface area contributed by atoms with Crippen molar-refractivity contribution in [3.8, 4) is 11.6 Å². The van der Waals surface area contributed by atoms with Crippen molar-refractivity contribution in [3.63, 3.8) is 0 Å². The second-order valence-electron chi connectivity index (χ2n) is 5.87. The van der Waals surface area contributed by atoms with Gasteiger partial charge in [0.15, 0.2) is 0 Å². The summed E-state index contributed by atoms with van der Waals surface area (Å²) >= 11 is 6.06. The Bertz CT molecular complexity index is 633. The summed E-state index contributed by atoms with van der Waals surface area (Å²) in [6.45, 7) is 10.2. The maximum absolute atomic E-state index is 6.06. The number of halogens is 1. The van der Waals surface area contributed by atoms with Gasteiger partial charge in [-0.05, 0) is 37.0 Å². The number of rotatable bonds is 2. The first kappa shape index (κ1) is 14.8. The predicted molar refractivity (Wildman–Crippen MR) is 81.7 cm³/mol. The van der Waals surface area contributed by atoms with Crippen molar-refractivity contribution in [3.05, 3.63) is 46.4 Å². The lowest BCUT2D eigenvalue weighted by molar-refractivity contribution is 0.452. The van der Waals surface area contributed by atoms with Gasteiger partial charge in [-0.3, -0.25) is 0 Å². The molecule has 0 saturated heterocycles. The maximum Gasteiger partial charge on any atom is 0.226 e. The number of nitrogens with zero attached hydrogens (tertiary/aromatic N) is 2. The van der Waals surface area contributed by atoms with E-state index in [0.717, 1.165) is 11.3 Å². The number of hydrogen-bond acceptors (Lipinski definition) is 3. The SMILES string of the molecule is Cc1nc(Cl)c(C)c(Oc2cccc(C(C)(C)C)c2)n1. The Hall–Kier alpha value is -1.61. The Morgan fingerprint density at radius 1 is 1.10 bits per heavy atom. The molecule has 1 aromatic heterocycles. The van der Waals surface area contributed by atoms with Crippen molar-refractivity contribution in [2.45, 2.75) is 40.0 Å². The first-order valence-electron chi connectivity index (χ1n) is 6.56. The summed E-state index contributed by atoms with van der Waals surface area (Å²) in [4.78, 5) is 8.41. The average molecular weight is 291 g/mol. The van der Waals surface area contributed by atoms with E-state index in [-0.39, 0.29) is 5.41 Å². The molecule has 0 aliphatic carbocycles. The van der Waals surface area contributed by atoms with E-state index in [1.807, 2.05) is 25.1 Å². The molecule has 0 atom stereocenters. The van der Waals surface area contributed by atoms with Crippen LogP contribution in [0.15, 0.2) is 24.3 Å². The van der Waals surface area contributed by atoms with Gasteiger partial charge < -0.3 is 4.74 Å². The maximum atomic E-state index is 6.06. The van der Waals surface area contributed by atoms with Gasteiger partial charge in [0.1, 0.15) is 16.7 Å². The summed E-state index contributed by atoms with van der Waals surface area (Å²) in [5.41, 5.74) is 2.04. The topological polar surface area (TPSA) is 35.0 Å². The number of benzene rings is 1. The van der Waals surface area contributed by atoms with Gasteiger partial charge in [0.25, 0.3) is 0 Å². The lowest BCUT2D eigenvalue weighted by Crippen LogP contribution is -2.10. The van der Waals surface area contributed by atoms with Gasteiger partial charge in [-0.15, -0.1) is 0 Å². The molecular formula is C16H19ClN2O. The van der Waals surface area contributed by atoms with Gasteiger partial charge in [0, 0.05) is 5.56 Å². The van der Waals surface area contributed by atoms with Crippen molar-refractivity contribution in [1.29, 1.82) is 0 Å². The fraction of sp³-hybridized carbons (Fsp3) is 0.375. The normalized spacial score (nSPS) is 11.5. The Kier molecular flexibility index (Phi) is 4.00. The Morgan fingerprint density at radius 3 is 2.45 bits per heavy atom. The largest absolute Gasteiger partial charge is 0.439 e. The molecule has 106 valence electrons. The zero-order chi connectivity index (χ0) is 14.9. The molecule has 0 radical (unpaired) electrons. The lowest BCUT2D eigenvalue weighted by Gasteiger charge is -2.19. The standard InChI is InChI=1S/C16H19ClN2O/c1-10-14(17)18-11(2)19-15(10)20-13-8-6-7-12(9-13)16(3,4)5/h6-9H,1-5H3. The Morgan fingerprint density at radius 2 is 1.80 bits per heavy atom. The summed E-state index contributed by atoms with van der Waals surface area (Å²) < 4.78 is 5.87. The van der Waals surface area contributed by atoms with Crippen LogP contribution in [0.25, 0.3) is 0 Å². The van der Waals surface area contributed by atoms with Crippen LogP contribution in [0.5, 0.6) is 11.6 Å². The average Bonchev–Trinajstić information content (AvgIpc) is 2.35. The zero-order valence-corrected chi connectivity index (χ0v) is 13.2. The van der Waals surface area contributed by atoms with Crippen molar-refractivity contribution in [2.24, 2.45) is 0 Å². The highest BCUT2D eigenvalue weighted by Crippen LogP contribution is 2.30. The summed E-state index contributed by atoms with van der Waals surface area (Å²) in [7, 11) is 0. The molecule has 4 heteroatoms. The predicted octanol–water partition coefficient (Wildman–Crippen LogP) is 4.84. The van der Waals surface area contributed by atoms with Crippen LogP contribution in [0, 0.1) is 13.8 Å². The quantitative estimate of drug-likeness (QED) is 0.743. The molecule has 1 heterocycles. The van der Waals surface area contributed by atoms with Gasteiger partial charge in [0.05, 0.1) is 0 Å². The molecule has 0 N–H and O–H groups in total. The van der Waals surface area contributed by atoms with Gasteiger partial charge in [-0.1, -0.05) is 44.5 Å². The molecule has 1 aromatic carbocycles. The third-order valence-corrected chi connectivity index (χ3v) is 3.44. The number of aromatic nitrogens is 2. The Balaban J connectivity index is 2.36. The van der Waals surface area contributed by atoms with Crippen molar-refractivity contribution < 1.29 is 4.74 Å². The molecule has 20 heavy (non-hydrogen) atoms. The van der Waals surface area contributed by atoms with E-state index in [2.05, 4.69) is 36.8 Å². The molecule has 0 fully saturated rings. The number of aryl methyl sites for hydroxylation is 1. The third-order valence-electron chi connectivity index (χ3n) is 3.07. The minimum absolute atomic E-state index is 0.0770. The molecule has 2 rings (SSSR count). The molecule has 0 unspecified atom stereocenters. The third kappa shape index (κ3) is 3.28. The van der Waals surface area contributed by atoms with Crippen molar-refractivity contribution in [1.82, 2.24) is 9.97 Å². The second kappa shape index (κ2) is 5.41. The molecule has 0 aliphatic heterocycles. The first-order chi connectivity index (χ1) is 9.27. The molecule has 0 saturated carbocycles. The van der Waals surface area contributed by atoms with Crippen LogP contribution in [0.3, 0.4) is 0 Å². The highest BCUT2D eigenvalue weighted by Gasteiger charge is 2.15. The van der Waals surface area contributed by atoms with Gasteiger partial charge in [-0.2, -0.15) is 4.98 Å². The Labute approximate surface area is 125 Å². The highest BCUT2D eigenvalue weighted by molar-refractivity contribution is 6.30. The second-order valence-corrected chi connectivity index (χ2v) is 6.23. The van der Waals surface area contributed by atoms with Crippen molar-refractivity contribution in [2.75, 3.05) is 0 Å². The minimum atomic E-state index is 0.0770. The van der Waals surface area contributed by atoms with Gasteiger partial charge >= 0.3 is 0 Å². The molecular weight excluding hydrogens is 272 g/mol. The highest BCUT2D eigenvalue weighted by atomic mass is 35.5. The molecule has 2 aromatic rings. The number of hydrogen-bond donors (Lipinski definition) is 0. The minimum Gasteiger partial charge on any atom is -0.439 e. The monoisotopic (exact) mass is 290 g/mol. The summed E-state index contributed by atoms with van der Waals surface area (Å²) in [5.74, 6) is 1.87. The lowest BCUT2D eigenvalue weighted by atomic mass is 9.87. The summed E-state index contributed by atoms with van der Waals surface area (Å²) in [6, 6.07) is 8.03. The van der Waals surface area contributed by atoms with E-state index in [9.17, 15) is 0 Å². The van der Waals surface area contributed by atoms with Gasteiger partial charge in [0.2, 0.25) is 5.88 Å². The summed E-state index contributed by atoms with van der Waals surface area (Å²) in [6.07, 6.45) is 0. The molecule has 0 bridgehead atoms. The van der Waals surface area contributed by atoms with Gasteiger partial charge in [-0.25, -0.2) is 4.98 Å². The van der Waals surface area contributed by atoms with Crippen LogP contribution in [0.2, 0.25) is 5.15 Å². The van der Waals surface area contributed by atoms with Crippen LogP contribution in [-0.4, -0.2) is 9.97 Å². The fourth-order valence-electron chi connectivity index (χ4n) is 1.81. The van der Waals surface area contributed by atoms with E-state index in [1.165, 1.54) is 5.56 Å². The van der Waals surface area contributed by atoms with Crippen LogP contribution in [-0.2, 0) is 5.41 Å². The van der Waals surface area contributed by atoms with E-state index in [4.69, 9.17) is 16.3 Å². The molecule has 0 amide bonds. The van der Waals surface area contributed by atoms with E-state index >= 15 is 0 Å². The number of ether oxygens (including phenoxy) is 1. The van der Waals surface area contributed by atoms with Crippen LogP contribution >= 0.6 is 11.6 Å². The smallest absolute Gasteiger partial charge is 0.226 e. The van der Waals surface area contributed by atoms with Crippen molar-refractivity contribution >= 4 is 11.6 Å².